The van der Waals surface area contributed by atoms with E-state index in [0.717, 1.165) is 54.2 Å². The minimum absolute atomic E-state index is 0.603. The Morgan fingerprint density at radius 2 is 1.71 bits per heavy atom. The summed E-state index contributed by atoms with van der Waals surface area (Å²) in [4.78, 5) is 14.2. The number of piperazine rings is 1. The highest BCUT2D eigenvalue weighted by molar-refractivity contribution is 6.34. The Morgan fingerprint density at radius 1 is 0.941 bits per heavy atom. The van der Waals surface area contributed by atoms with Crippen LogP contribution in [-0.4, -0.2) is 55.8 Å². The molecular weight excluding hydrogens is 450 g/mol. The van der Waals surface area contributed by atoms with Gasteiger partial charge in [0.25, 0.3) is 0 Å². The van der Waals surface area contributed by atoms with Gasteiger partial charge >= 0.3 is 0 Å². The van der Waals surface area contributed by atoms with E-state index >= 15 is 0 Å². The average molecular weight is 474 g/mol. The SMILES string of the molecule is Cc1ccc(-c2noc(CN3CCN(c4nc5c(Cl)c(C)nn5c5ccccc45)CC3)n2)cc1. The molecule has 0 atom stereocenters. The van der Waals surface area contributed by atoms with Crippen LogP contribution >= 0.6 is 11.6 Å². The van der Waals surface area contributed by atoms with E-state index in [0.29, 0.717) is 28.9 Å². The van der Waals surface area contributed by atoms with Gasteiger partial charge in [0, 0.05) is 37.1 Å². The molecule has 1 aliphatic rings. The second kappa shape index (κ2) is 8.38. The van der Waals surface area contributed by atoms with Crippen LogP contribution in [0.5, 0.6) is 0 Å². The summed E-state index contributed by atoms with van der Waals surface area (Å²) in [5, 5.41) is 10.4. The lowest BCUT2D eigenvalue weighted by molar-refractivity contribution is 0.215. The van der Waals surface area contributed by atoms with Crippen LogP contribution in [0.1, 0.15) is 17.1 Å². The van der Waals surface area contributed by atoms with Crippen molar-refractivity contribution in [1.29, 1.82) is 0 Å². The highest BCUT2D eigenvalue weighted by atomic mass is 35.5. The highest BCUT2D eigenvalue weighted by Gasteiger charge is 2.23. The number of rotatable bonds is 4. The summed E-state index contributed by atoms with van der Waals surface area (Å²) >= 11 is 6.52. The summed E-state index contributed by atoms with van der Waals surface area (Å²) in [6, 6.07) is 16.4. The molecule has 0 radical (unpaired) electrons. The summed E-state index contributed by atoms with van der Waals surface area (Å²) in [6.45, 7) is 8.03. The molecule has 2 aromatic carbocycles. The lowest BCUT2D eigenvalue weighted by Crippen LogP contribution is -2.46. The van der Waals surface area contributed by atoms with Gasteiger partial charge in [-0.3, -0.25) is 4.90 Å². The van der Waals surface area contributed by atoms with Crippen LogP contribution in [0.3, 0.4) is 0 Å². The molecule has 3 aromatic heterocycles. The third-order valence-corrected chi connectivity index (χ3v) is 6.80. The molecule has 6 rings (SSSR count). The van der Waals surface area contributed by atoms with Crippen molar-refractivity contribution in [3.8, 4) is 11.4 Å². The number of benzene rings is 2. The Bertz CT molecular complexity index is 1480. The van der Waals surface area contributed by atoms with E-state index in [9.17, 15) is 0 Å². The third kappa shape index (κ3) is 3.69. The van der Waals surface area contributed by atoms with Gasteiger partial charge in [0.05, 0.1) is 17.8 Å². The zero-order valence-corrected chi connectivity index (χ0v) is 19.8. The summed E-state index contributed by atoms with van der Waals surface area (Å²) in [6.07, 6.45) is 0. The molecule has 172 valence electrons. The van der Waals surface area contributed by atoms with Crippen LogP contribution in [0.15, 0.2) is 53.1 Å². The monoisotopic (exact) mass is 473 g/mol. The summed E-state index contributed by atoms with van der Waals surface area (Å²) in [7, 11) is 0. The van der Waals surface area contributed by atoms with E-state index in [1.165, 1.54) is 5.56 Å². The Kier molecular flexibility index (Phi) is 5.19. The fraction of sp³-hybridized carbons (Fsp3) is 0.280. The molecule has 0 aliphatic carbocycles. The van der Waals surface area contributed by atoms with Gasteiger partial charge in [0.15, 0.2) is 5.65 Å². The molecule has 5 aromatic rings. The van der Waals surface area contributed by atoms with Crippen molar-refractivity contribution < 1.29 is 4.52 Å². The first-order chi connectivity index (χ1) is 16.6. The van der Waals surface area contributed by atoms with Crippen molar-refractivity contribution >= 4 is 34.0 Å². The minimum Gasteiger partial charge on any atom is -0.353 e. The number of anilines is 1. The second-order valence-corrected chi connectivity index (χ2v) is 9.11. The van der Waals surface area contributed by atoms with E-state index in [-0.39, 0.29) is 0 Å². The lowest BCUT2D eigenvalue weighted by atomic mass is 10.1. The maximum Gasteiger partial charge on any atom is 0.241 e. The van der Waals surface area contributed by atoms with Gasteiger partial charge < -0.3 is 9.42 Å². The Balaban J connectivity index is 1.20. The molecule has 1 saturated heterocycles. The molecule has 0 spiro atoms. The molecule has 0 unspecified atom stereocenters. The van der Waals surface area contributed by atoms with Crippen molar-refractivity contribution in [1.82, 2.24) is 29.6 Å². The van der Waals surface area contributed by atoms with E-state index in [2.05, 4.69) is 56.2 Å². The Hall–Kier alpha value is -3.49. The number of aromatic nitrogens is 5. The average Bonchev–Trinajstić information content (AvgIpc) is 3.44. The molecule has 34 heavy (non-hydrogen) atoms. The molecule has 8 nitrogen and oxygen atoms in total. The maximum atomic E-state index is 6.52. The molecule has 1 aliphatic heterocycles. The third-order valence-electron chi connectivity index (χ3n) is 6.36. The van der Waals surface area contributed by atoms with Crippen LogP contribution in [0.25, 0.3) is 27.9 Å². The van der Waals surface area contributed by atoms with Crippen LogP contribution in [0.2, 0.25) is 5.02 Å². The molecular formula is C25H24ClN7O. The van der Waals surface area contributed by atoms with Crippen molar-refractivity contribution in [3.63, 3.8) is 0 Å². The molecule has 0 amide bonds. The molecule has 0 N–H and O–H groups in total. The highest BCUT2D eigenvalue weighted by Crippen LogP contribution is 2.31. The molecule has 4 heterocycles. The van der Waals surface area contributed by atoms with Gasteiger partial charge in [-0.25, -0.2) is 9.50 Å². The smallest absolute Gasteiger partial charge is 0.241 e. The number of fused-ring (bicyclic) bond motifs is 3. The Morgan fingerprint density at radius 3 is 2.50 bits per heavy atom. The number of nitrogens with zero attached hydrogens (tertiary/aromatic N) is 7. The fourth-order valence-corrected chi connectivity index (χ4v) is 4.62. The van der Waals surface area contributed by atoms with Crippen molar-refractivity contribution in [2.45, 2.75) is 20.4 Å². The van der Waals surface area contributed by atoms with Crippen LogP contribution < -0.4 is 4.90 Å². The van der Waals surface area contributed by atoms with Gasteiger partial charge in [-0.05, 0) is 26.0 Å². The normalized spacial score (nSPS) is 15.0. The quantitative estimate of drug-likeness (QED) is 0.379. The van der Waals surface area contributed by atoms with Crippen LogP contribution in [0.4, 0.5) is 5.82 Å². The van der Waals surface area contributed by atoms with Gasteiger partial charge in [0.2, 0.25) is 11.7 Å². The maximum absolute atomic E-state index is 6.52. The zero-order chi connectivity index (χ0) is 23.2. The molecule has 0 saturated carbocycles. The largest absolute Gasteiger partial charge is 0.353 e. The second-order valence-electron chi connectivity index (χ2n) is 8.73. The van der Waals surface area contributed by atoms with Gasteiger partial charge in [-0.15, -0.1) is 0 Å². The number of aryl methyl sites for hydroxylation is 2. The van der Waals surface area contributed by atoms with Gasteiger partial charge in [-0.1, -0.05) is 58.7 Å². The van der Waals surface area contributed by atoms with Crippen molar-refractivity contribution in [3.05, 3.63) is 70.7 Å². The van der Waals surface area contributed by atoms with Crippen molar-refractivity contribution in [2.24, 2.45) is 0 Å². The lowest BCUT2D eigenvalue weighted by Gasteiger charge is -2.35. The number of hydrogen-bond acceptors (Lipinski definition) is 7. The van der Waals surface area contributed by atoms with E-state index in [1.807, 2.05) is 35.7 Å². The van der Waals surface area contributed by atoms with Crippen molar-refractivity contribution in [2.75, 3.05) is 31.1 Å². The van der Waals surface area contributed by atoms with E-state index < -0.39 is 0 Å². The number of halogens is 1. The first kappa shape index (κ1) is 21.1. The van der Waals surface area contributed by atoms with Crippen LogP contribution in [0, 0.1) is 13.8 Å². The number of hydrogen-bond donors (Lipinski definition) is 0. The first-order valence-electron chi connectivity index (χ1n) is 11.4. The fourth-order valence-electron chi connectivity index (χ4n) is 4.46. The molecule has 0 bridgehead atoms. The molecule has 9 heteroatoms. The predicted molar refractivity (Wildman–Crippen MR) is 132 cm³/mol. The van der Waals surface area contributed by atoms with Gasteiger partial charge in [0.1, 0.15) is 10.8 Å². The number of para-hydroxylation sites is 1. The standard InChI is InChI=1S/C25H24ClN7O/c1-16-7-9-18(10-8-16)23-27-21(34-30-23)15-31-11-13-32(14-12-31)24-19-5-3-4-6-20(19)33-25(28-24)22(26)17(2)29-33/h3-10H,11-15H2,1-2H3. The first-order valence-corrected chi connectivity index (χ1v) is 11.7. The summed E-state index contributed by atoms with van der Waals surface area (Å²) in [5.41, 5.74) is 4.66. The molecule has 1 fully saturated rings. The van der Waals surface area contributed by atoms with E-state index in [4.69, 9.17) is 21.1 Å². The Labute approximate surface area is 201 Å². The summed E-state index contributed by atoms with van der Waals surface area (Å²) in [5.74, 6) is 2.21. The predicted octanol–water partition coefficient (Wildman–Crippen LogP) is 4.52. The van der Waals surface area contributed by atoms with Gasteiger partial charge in [-0.2, -0.15) is 10.1 Å². The topological polar surface area (TPSA) is 75.6 Å². The summed E-state index contributed by atoms with van der Waals surface area (Å²) < 4.78 is 7.37. The van der Waals surface area contributed by atoms with E-state index in [1.54, 1.807) is 0 Å². The zero-order valence-electron chi connectivity index (χ0n) is 19.1. The van der Waals surface area contributed by atoms with Crippen LogP contribution in [-0.2, 0) is 6.54 Å². The minimum atomic E-state index is 0.603.